The first kappa shape index (κ1) is 33.6. The monoisotopic (exact) mass is 554 g/mol. The van der Waals surface area contributed by atoms with Crippen LogP contribution in [-0.2, 0) is 21.7 Å². The summed E-state index contributed by atoms with van der Waals surface area (Å²) in [6.45, 7) is 35.5. The van der Waals surface area contributed by atoms with Gasteiger partial charge in [-0.05, 0) is 66.9 Å². The van der Waals surface area contributed by atoms with Crippen molar-refractivity contribution in [1.82, 2.24) is 0 Å². The lowest BCUT2D eigenvalue weighted by Gasteiger charge is -2.34. The fraction of sp³-hybridized carbons (Fsp3) is 0.667. The van der Waals surface area contributed by atoms with Crippen molar-refractivity contribution >= 4 is 11.8 Å². The van der Waals surface area contributed by atoms with E-state index in [9.17, 15) is 10.2 Å². The average Bonchev–Trinajstić information content (AvgIpc) is 2.71. The van der Waals surface area contributed by atoms with Gasteiger partial charge in [0.15, 0.2) is 0 Å². The third-order valence-corrected chi connectivity index (χ3v) is 9.88. The van der Waals surface area contributed by atoms with E-state index in [4.69, 9.17) is 0 Å². The van der Waals surface area contributed by atoms with Crippen LogP contribution in [0.15, 0.2) is 24.3 Å². The summed E-state index contributed by atoms with van der Waals surface area (Å²) in [4.78, 5) is 0. The van der Waals surface area contributed by atoms with Crippen molar-refractivity contribution in [1.29, 1.82) is 0 Å². The van der Waals surface area contributed by atoms with Crippen LogP contribution in [0.3, 0.4) is 0 Å². The minimum atomic E-state index is -0.163. The van der Waals surface area contributed by atoms with Crippen molar-refractivity contribution in [3.8, 4) is 11.5 Å². The van der Waals surface area contributed by atoms with Gasteiger partial charge < -0.3 is 10.2 Å². The topological polar surface area (TPSA) is 40.5 Å². The van der Waals surface area contributed by atoms with Crippen molar-refractivity contribution in [2.45, 2.75) is 143 Å². The molecular formula is C36H58O2S. The smallest absolute Gasteiger partial charge is 0.123 e. The highest BCUT2D eigenvalue weighted by molar-refractivity contribution is 7.99. The summed E-state index contributed by atoms with van der Waals surface area (Å²) in [5.74, 6) is 1.69. The summed E-state index contributed by atoms with van der Waals surface area (Å²) in [6.07, 6.45) is 0. The van der Waals surface area contributed by atoms with Crippen LogP contribution in [0.4, 0.5) is 0 Å². The van der Waals surface area contributed by atoms with Crippen LogP contribution < -0.4 is 0 Å². The number of phenolic OH excluding ortho intramolecular Hbond substituents is 2. The highest BCUT2D eigenvalue weighted by Crippen LogP contribution is 2.52. The third-order valence-electron chi connectivity index (χ3n) is 7.66. The van der Waals surface area contributed by atoms with Gasteiger partial charge in [-0.1, -0.05) is 135 Å². The number of thioether (sulfide) groups is 1. The van der Waals surface area contributed by atoms with Crippen molar-refractivity contribution in [3.05, 3.63) is 57.6 Å². The summed E-state index contributed by atoms with van der Waals surface area (Å²) >= 11 is 2.04. The van der Waals surface area contributed by atoms with Gasteiger partial charge in [0, 0.05) is 10.5 Å². The quantitative estimate of drug-likeness (QED) is 0.373. The number of rotatable bonds is 6. The third kappa shape index (κ3) is 7.78. The molecule has 3 heteroatoms. The molecule has 0 saturated carbocycles. The molecule has 220 valence electrons. The Hall–Kier alpha value is -1.61. The van der Waals surface area contributed by atoms with Gasteiger partial charge in [0.2, 0.25) is 0 Å². The fourth-order valence-corrected chi connectivity index (χ4v) is 6.86. The summed E-state index contributed by atoms with van der Waals surface area (Å²) in [7, 11) is 0. The van der Waals surface area contributed by atoms with E-state index in [0.29, 0.717) is 23.3 Å². The number of hydrogen-bond donors (Lipinski definition) is 2. The Labute approximate surface area is 245 Å². The number of aromatic hydroxyl groups is 2. The molecule has 0 aromatic heterocycles. The van der Waals surface area contributed by atoms with E-state index in [2.05, 4.69) is 135 Å². The zero-order chi connectivity index (χ0) is 30.5. The van der Waals surface area contributed by atoms with E-state index in [1.165, 1.54) is 11.1 Å². The fourth-order valence-electron chi connectivity index (χ4n) is 5.33. The summed E-state index contributed by atoms with van der Waals surface area (Å²) < 4.78 is 0. The lowest BCUT2D eigenvalue weighted by atomic mass is 9.77. The van der Waals surface area contributed by atoms with Crippen molar-refractivity contribution < 1.29 is 10.2 Å². The van der Waals surface area contributed by atoms with Crippen LogP contribution in [-0.4, -0.2) is 10.2 Å². The molecule has 0 saturated heterocycles. The number of benzene rings is 2. The Bertz CT molecular complexity index is 983. The van der Waals surface area contributed by atoms with Gasteiger partial charge in [0.25, 0.3) is 0 Å². The van der Waals surface area contributed by atoms with Gasteiger partial charge >= 0.3 is 0 Å². The molecule has 0 heterocycles. The Morgan fingerprint density at radius 1 is 0.462 bits per heavy atom. The second-order valence-electron chi connectivity index (χ2n) is 16.4. The van der Waals surface area contributed by atoms with Crippen LogP contribution in [0.2, 0.25) is 0 Å². The summed E-state index contributed by atoms with van der Waals surface area (Å²) in [6, 6.07) is 9.05. The van der Waals surface area contributed by atoms with Gasteiger partial charge in [-0.3, -0.25) is 0 Å². The molecule has 2 unspecified atom stereocenters. The van der Waals surface area contributed by atoms with Crippen molar-refractivity contribution in [2.75, 3.05) is 0 Å². The van der Waals surface area contributed by atoms with E-state index in [1.807, 2.05) is 11.8 Å². The second kappa shape index (κ2) is 11.3. The molecule has 0 aliphatic carbocycles. The van der Waals surface area contributed by atoms with Crippen LogP contribution >= 0.6 is 11.8 Å². The maximum absolute atomic E-state index is 11.4. The molecule has 2 atom stereocenters. The molecule has 0 spiro atoms. The molecule has 2 N–H and O–H groups in total. The zero-order valence-corrected chi connectivity index (χ0v) is 28.7. The molecule has 2 rings (SSSR count). The molecule has 2 aromatic carbocycles. The van der Waals surface area contributed by atoms with E-state index in [-0.39, 0.29) is 32.2 Å². The molecule has 0 aliphatic heterocycles. The summed E-state index contributed by atoms with van der Waals surface area (Å²) in [5.41, 5.74) is 6.01. The van der Waals surface area contributed by atoms with Crippen LogP contribution in [0, 0.1) is 11.8 Å². The Balaban J connectivity index is 2.80. The highest BCUT2D eigenvalue weighted by Gasteiger charge is 2.33. The SMILES string of the molecule is CC(C)C(SC(c1cc(C(C)(C)C)c(O)c(C(C)(C)C)c1)C(C)C)c1cc(C(C)(C)C)c(O)c(C(C)(C)C)c1. The minimum Gasteiger partial charge on any atom is -0.507 e. The Morgan fingerprint density at radius 2 is 0.667 bits per heavy atom. The maximum Gasteiger partial charge on any atom is 0.123 e. The summed E-state index contributed by atoms with van der Waals surface area (Å²) in [5, 5.41) is 23.2. The predicted molar refractivity (Wildman–Crippen MR) is 174 cm³/mol. The van der Waals surface area contributed by atoms with E-state index < -0.39 is 0 Å². The van der Waals surface area contributed by atoms with Gasteiger partial charge in [0.05, 0.1) is 0 Å². The first-order chi connectivity index (χ1) is 17.4. The van der Waals surface area contributed by atoms with E-state index >= 15 is 0 Å². The van der Waals surface area contributed by atoms with Gasteiger partial charge in [-0.2, -0.15) is 0 Å². The Morgan fingerprint density at radius 3 is 0.821 bits per heavy atom. The molecule has 0 aliphatic rings. The van der Waals surface area contributed by atoms with E-state index in [1.54, 1.807) is 0 Å². The largest absolute Gasteiger partial charge is 0.507 e. The minimum absolute atomic E-state index is 0.163. The van der Waals surface area contributed by atoms with Gasteiger partial charge in [0.1, 0.15) is 11.5 Å². The molecule has 2 aromatic rings. The lowest BCUT2D eigenvalue weighted by molar-refractivity contribution is 0.421. The highest BCUT2D eigenvalue weighted by atomic mass is 32.2. The predicted octanol–water partition coefficient (Wildman–Crippen LogP) is 11.1. The molecule has 2 nitrogen and oxygen atoms in total. The maximum atomic E-state index is 11.4. The van der Waals surface area contributed by atoms with Crippen molar-refractivity contribution in [2.24, 2.45) is 11.8 Å². The molecular weight excluding hydrogens is 496 g/mol. The zero-order valence-electron chi connectivity index (χ0n) is 27.9. The normalized spacial score (nSPS) is 15.2. The van der Waals surface area contributed by atoms with E-state index in [0.717, 1.165) is 22.3 Å². The average molecular weight is 555 g/mol. The second-order valence-corrected chi connectivity index (χ2v) is 17.7. The number of hydrogen-bond acceptors (Lipinski definition) is 3. The Kier molecular flexibility index (Phi) is 9.77. The van der Waals surface area contributed by atoms with Gasteiger partial charge in [-0.25, -0.2) is 0 Å². The standard InChI is InChI=1S/C36H58O2S/c1-21(2)31(23-17-25(33(5,6)7)29(37)26(18-23)34(8,9)10)39-32(22(3)4)24-19-27(35(11,12)13)30(38)28(20-24)36(14,15)16/h17-22,31-32,37-38H,1-16H3. The first-order valence-corrected chi connectivity index (χ1v) is 15.7. The van der Waals surface area contributed by atoms with Gasteiger partial charge in [-0.15, -0.1) is 11.8 Å². The molecule has 39 heavy (non-hydrogen) atoms. The number of phenols is 2. The lowest BCUT2D eigenvalue weighted by Crippen LogP contribution is -2.20. The molecule has 0 bridgehead atoms. The van der Waals surface area contributed by atoms with Crippen molar-refractivity contribution in [3.63, 3.8) is 0 Å². The molecule has 0 radical (unpaired) electrons. The molecule has 0 fully saturated rings. The van der Waals surface area contributed by atoms with Crippen LogP contribution in [0.1, 0.15) is 155 Å². The first-order valence-electron chi connectivity index (χ1n) is 14.8. The van der Waals surface area contributed by atoms with Crippen LogP contribution in [0.25, 0.3) is 0 Å². The van der Waals surface area contributed by atoms with Crippen LogP contribution in [0.5, 0.6) is 11.5 Å². The molecule has 0 amide bonds.